The Balaban J connectivity index is 2.31. The van der Waals surface area contributed by atoms with Crippen LogP contribution in [0, 0.1) is 5.92 Å². The van der Waals surface area contributed by atoms with Gasteiger partial charge in [0.25, 0.3) is 0 Å². The zero-order chi connectivity index (χ0) is 22.6. The van der Waals surface area contributed by atoms with Crippen molar-refractivity contribution in [3.63, 3.8) is 0 Å². The van der Waals surface area contributed by atoms with Crippen molar-refractivity contribution in [1.82, 2.24) is 9.88 Å². The molecule has 0 bridgehead atoms. The lowest BCUT2D eigenvalue weighted by Crippen LogP contribution is -2.48. The minimum atomic E-state index is -0.825. The lowest BCUT2D eigenvalue weighted by molar-refractivity contribution is -0.160. The quantitative estimate of drug-likeness (QED) is 0.670. The van der Waals surface area contributed by atoms with Crippen molar-refractivity contribution in [2.24, 2.45) is 5.92 Å². The standard InChI is InChI=1S/C22H30N2O6/c1-7-29-20(27)17-11-14-10-15(25)8-9-16(14)24(17)12-18(26)23-19(13(2)3)21(28)30-22(4,5)6/h8-11,13,19,25H,7,12H2,1-6H3,(H,23,26). The van der Waals surface area contributed by atoms with E-state index in [-0.39, 0.29) is 30.5 Å². The number of hydrogen-bond acceptors (Lipinski definition) is 6. The van der Waals surface area contributed by atoms with Gasteiger partial charge in [0.1, 0.15) is 29.6 Å². The van der Waals surface area contributed by atoms with E-state index in [9.17, 15) is 19.5 Å². The predicted molar refractivity (Wildman–Crippen MR) is 112 cm³/mol. The fourth-order valence-corrected chi connectivity index (χ4v) is 3.03. The number of aromatic nitrogens is 1. The maximum absolute atomic E-state index is 12.8. The molecule has 2 rings (SSSR count). The summed E-state index contributed by atoms with van der Waals surface area (Å²) in [5.74, 6) is -1.68. The molecular formula is C22H30N2O6. The SMILES string of the molecule is CCOC(=O)c1cc2cc(O)ccc2n1CC(=O)NC(C(=O)OC(C)(C)C)C(C)C. The summed E-state index contributed by atoms with van der Waals surface area (Å²) >= 11 is 0. The van der Waals surface area contributed by atoms with Crippen molar-refractivity contribution in [3.8, 4) is 5.75 Å². The Labute approximate surface area is 176 Å². The lowest BCUT2D eigenvalue weighted by Gasteiger charge is -2.26. The van der Waals surface area contributed by atoms with Crippen LogP contribution in [0.4, 0.5) is 0 Å². The second kappa shape index (κ2) is 9.19. The number of nitrogens with zero attached hydrogens (tertiary/aromatic N) is 1. The number of amides is 1. The monoisotopic (exact) mass is 418 g/mol. The molecule has 0 saturated carbocycles. The fraction of sp³-hybridized carbons (Fsp3) is 0.500. The number of rotatable bonds is 7. The first-order valence-electron chi connectivity index (χ1n) is 9.94. The second-order valence-corrected chi connectivity index (χ2v) is 8.40. The highest BCUT2D eigenvalue weighted by atomic mass is 16.6. The number of benzene rings is 1. The van der Waals surface area contributed by atoms with Gasteiger partial charge >= 0.3 is 11.9 Å². The van der Waals surface area contributed by atoms with Crippen molar-refractivity contribution in [3.05, 3.63) is 30.0 Å². The third-order valence-corrected chi connectivity index (χ3v) is 4.32. The van der Waals surface area contributed by atoms with Crippen LogP contribution < -0.4 is 5.32 Å². The first kappa shape index (κ1) is 23.3. The average Bonchev–Trinajstić information content (AvgIpc) is 2.95. The molecule has 1 unspecified atom stereocenters. The summed E-state index contributed by atoms with van der Waals surface area (Å²) in [5.41, 5.74) is 0.0975. The van der Waals surface area contributed by atoms with Crippen LogP contribution in [0.1, 0.15) is 52.0 Å². The van der Waals surface area contributed by atoms with Gasteiger partial charge in [-0.25, -0.2) is 9.59 Å². The zero-order valence-electron chi connectivity index (χ0n) is 18.3. The molecule has 2 aromatic rings. The van der Waals surface area contributed by atoms with Crippen molar-refractivity contribution in [2.45, 2.75) is 59.7 Å². The molecule has 0 spiro atoms. The number of phenols is 1. The molecule has 0 aliphatic heterocycles. The molecule has 30 heavy (non-hydrogen) atoms. The normalized spacial score (nSPS) is 12.6. The van der Waals surface area contributed by atoms with Gasteiger partial charge in [-0.15, -0.1) is 0 Å². The van der Waals surface area contributed by atoms with Gasteiger partial charge in [-0.3, -0.25) is 4.79 Å². The molecule has 8 nitrogen and oxygen atoms in total. The minimum absolute atomic E-state index is 0.0457. The molecule has 1 heterocycles. The van der Waals surface area contributed by atoms with Crippen LogP contribution >= 0.6 is 0 Å². The number of esters is 2. The Kier molecular flexibility index (Phi) is 7.12. The number of hydrogen-bond donors (Lipinski definition) is 2. The molecule has 0 fully saturated rings. The molecule has 0 aliphatic carbocycles. The van der Waals surface area contributed by atoms with Gasteiger partial charge in [-0.05, 0) is 57.9 Å². The van der Waals surface area contributed by atoms with Crippen molar-refractivity contribution < 1.29 is 29.0 Å². The van der Waals surface area contributed by atoms with Crippen LogP contribution in [0.15, 0.2) is 24.3 Å². The molecule has 0 radical (unpaired) electrons. The van der Waals surface area contributed by atoms with E-state index < -0.39 is 29.5 Å². The molecule has 1 aromatic carbocycles. The highest BCUT2D eigenvalue weighted by Gasteiger charge is 2.29. The van der Waals surface area contributed by atoms with E-state index in [1.54, 1.807) is 39.8 Å². The van der Waals surface area contributed by atoms with Gasteiger partial charge in [-0.1, -0.05) is 13.8 Å². The van der Waals surface area contributed by atoms with Gasteiger partial charge < -0.3 is 24.5 Å². The average molecular weight is 418 g/mol. The van der Waals surface area contributed by atoms with Gasteiger partial charge in [0.2, 0.25) is 5.91 Å². The van der Waals surface area contributed by atoms with Crippen LogP contribution in [-0.2, 0) is 25.6 Å². The van der Waals surface area contributed by atoms with Crippen molar-refractivity contribution >= 4 is 28.7 Å². The number of fused-ring (bicyclic) bond motifs is 1. The predicted octanol–water partition coefficient (Wildman–Crippen LogP) is 3.01. The van der Waals surface area contributed by atoms with E-state index >= 15 is 0 Å². The molecule has 1 amide bonds. The second-order valence-electron chi connectivity index (χ2n) is 8.40. The summed E-state index contributed by atoms with van der Waals surface area (Å²) in [6, 6.07) is 5.34. The number of carbonyl (C=O) groups is 3. The lowest BCUT2D eigenvalue weighted by atomic mass is 10.0. The summed E-state index contributed by atoms with van der Waals surface area (Å²) < 4.78 is 12.0. The van der Waals surface area contributed by atoms with Crippen molar-refractivity contribution in [1.29, 1.82) is 0 Å². The van der Waals surface area contributed by atoms with Crippen LogP contribution in [0.5, 0.6) is 5.75 Å². The topological polar surface area (TPSA) is 107 Å². The molecular weight excluding hydrogens is 388 g/mol. The largest absolute Gasteiger partial charge is 0.508 e. The van der Waals surface area contributed by atoms with E-state index in [0.717, 1.165) is 0 Å². The minimum Gasteiger partial charge on any atom is -0.508 e. The van der Waals surface area contributed by atoms with E-state index in [1.165, 1.54) is 16.7 Å². The Morgan fingerprint density at radius 2 is 1.83 bits per heavy atom. The molecule has 0 saturated heterocycles. The number of nitrogens with one attached hydrogen (secondary N) is 1. The Hall–Kier alpha value is -3.03. The van der Waals surface area contributed by atoms with E-state index in [4.69, 9.17) is 9.47 Å². The van der Waals surface area contributed by atoms with Crippen LogP contribution in [-0.4, -0.2) is 45.8 Å². The van der Waals surface area contributed by atoms with Gasteiger partial charge in [0, 0.05) is 10.9 Å². The number of carbonyl (C=O) groups excluding carboxylic acids is 3. The maximum Gasteiger partial charge on any atom is 0.354 e. The molecule has 164 valence electrons. The summed E-state index contributed by atoms with van der Waals surface area (Å²) in [6.07, 6.45) is 0. The van der Waals surface area contributed by atoms with E-state index in [2.05, 4.69) is 5.32 Å². The highest BCUT2D eigenvalue weighted by molar-refractivity contribution is 5.97. The molecule has 1 aromatic heterocycles. The Morgan fingerprint density at radius 3 is 2.40 bits per heavy atom. The zero-order valence-corrected chi connectivity index (χ0v) is 18.3. The van der Waals surface area contributed by atoms with Crippen LogP contribution in [0.2, 0.25) is 0 Å². The van der Waals surface area contributed by atoms with Crippen LogP contribution in [0.3, 0.4) is 0 Å². The van der Waals surface area contributed by atoms with E-state index in [0.29, 0.717) is 10.9 Å². The third-order valence-electron chi connectivity index (χ3n) is 4.32. The first-order chi connectivity index (χ1) is 13.9. The molecule has 2 N–H and O–H groups in total. The van der Waals surface area contributed by atoms with Crippen LogP contribution in [0.25, 0.3) is 10.9 Å². The van der Waals surface area contributed by atoms with Gasteiger partial charge in [0.15, 0.2) is 0 Å². The smallest absolute Gasteiger partial charge is 0.354 e. The fourth-order valence-electron chi connectivity index (χ4n) is 3.03. The van der Waals surface area contributed by atoms with E-state index in [1.807, 2.05) is 13.8 Å². The van der Waals surface area contributed by atoms with Gasteiger partial charge in [-0.2, -0.15) is 0 Å². The maximum atomic E-state index is 12.8. The number of aromatic hydroxyl groups is 1. The number of ether oxygens (including phenoxy) is 2. The summed E-state index contributed by atoms with van der Waals surface area (Å²) in [7, 11) is 0. The molecule has 0 aliphatic rings. The summed E-state index contributed by atoms with van der Waals surface area (Å²) in [4.78, 5) is 37.7. The number of phenolic OH excluding ortho intramolecular Hbond substituents is 1. The Bertz CT molecular complexity index is 939. The summed E-state index contributed by atoms with van der Waals surface area (Å²) in [5, 5.41) is 13.0. The Morgan fingerprint density at radius 1 is 1.17 bits per heavy atom. The summed E-state index contributed by atoms with van der Waals surface area (Å²) in [6.45, 7) is 10.6. The molecule has 8 heteroatoms. The third kappa shape index (κ3) is 5.75. The van der Waals surface area contributed by atoms with Crippen molar-refractivity contribution in [2.75, 3.05) is 6.61 Å². The molecule has 1 atom stereocenters. The van der Waals surface area contributed by atoms with Gasteiger partial charge in [0.05, 0.1) is 6.61 Å². The highest BCUT2D eigenvalue weighted by Crippen LogP contribution is 2.25. The first-order valence-corrected chi connectivity index (χ1v) is 9.94.